The van der Waals surface area contributed by atoms with Gasteiger partial charge in [-0.25, -0.2) is 4.39 Å². The van der Waals surface area contributed by atoms with E-state index in [9.17, 15) is 9.50 Å². The lowest BCUT2D eigenvalue weighted by atomic mass is 10.1. The van der Waals surface area contributed by atoms with Crippen molar-refractivity contribution in [1.29, 1.82) is 0 Å². The van der Waals surface area contributed by atoms with E-state index in [2.05, 4.69) is 16.3 Å². The number of ether oxygens (including phenoxy) is 1. The van der Waals surface area contributed by atoms with Crippen molar-refractivity contribution in [2.24, 2.45) is 0 Å². The van der Waals surface area contributed by atoms with Crippen molar-refractivity contribution in [2.45, 2.75) is 18.2 Å². The summed E-state index contributed by atoms with van der Waals surface area (Å²) in [5.41, 5.74) is 2.93. The van der Waals surface area contributed by atoms with Gasteiger partial charge in [-0.05, 0) is 36.8 Å². The monoisotopic (exact) mass is 383 g/mol. The predicted molar refractivity (Wildman–Crippen MR) is 104 cm³/mol. The molecule has 138 valence electrons. The molecule has 0 aliphatic carbocycles. The van der Waals surface area contributed by atoms with Gasteiger partial charge in [-0.3, -0.25) is 4.40 Å². The first-order chi connectivity index (χ1) is 13.1. The number of benzene rings is 2. The number of nitrogens with zero attached hydrogens (tertiary/aromatic N) is 3. The predicted octanol–water partition coefficient (Wildman–Crippen LogP) is 3.86. The summed E-state index contributed by atoms with van der Waals surface area (Å²) in [4.78, 5) is 0. The molecular weight excluding hydrogens is 365 g/mol. The topological polar surface area (TPSA) is 59.7 Å². The number of pyridine rings is 1. The Hall–Kier alpha value is -2.64. The van der Waals surface area contributed by atoms with Crippen LogP contribution in [0.4, 0.5) is 4.39 Å². The average Bonchev–Trinajstić information content (AvgIpc) is 3.09. The Morgan fingerprint density at radius 3 is 2.78 bits per heavy atom. The third-order valence-corrected chi connectivity index (χ3v) is 5.32. The number of thioether (sulfide) groups is 1. The molecule has 0 aliphatic heterocycles. The number of fused-ring (bicyclic) bond motifs is 3. The first kappa shape index (κ1) is 17.8. The van der Waals surface area contributed by atoms with Crippen molar-refractivity contribution in [3.05, 3.63) is 66.0 Å². The summed E-state index contributed by atoms with van der Waals surface area (Å²) >= 11 is 1.39. The van der Waals surface area contributed by atoms with Crippen LogP contribution in [-0.2, 0) is 0 Å². The fourth-order valence-electron chi connectivity index (χ4n) is 2.93. The van der Waals surface area contributed by atoms with Gasteiger partial charge in [0.05, 0.1) is 11.6 Å². The number of aliphatic hydroxyl groups excluding tert-OH is 1. The standard InChI is InChI=1S/C20H18FN3O2S/c1-13-10-19-22-23-20(24(19)17-8-4-2-6-15(13)17)27-12-14(25)11-26-18-9-5-3-7-16(18)21/h2-10,14,25H,11-12H2,1H3. The molecular formula is C20H18FN3O2S. The number of para-hydroxylation sites is 2. The fourth-order valence-corrected chi connectivity index (χ4v) is 3.79. The maximum absolute atomic E-state index is 13.6. The molecule has 0 radical (unpaired) electrons. The van der Waals surface area contributed by atoms with Crippen LogP contribution in [0.2, 0.25) is 0 Å². The molecule has 0 bridgehead atoms. The highest BCUT2D eigenvalue weighted by molar-refractivity contribution is 7.99. The molecule has 7 heteroatoms. The molecule has 2 aromatic carbocycles. The minimum atomic E-state index is -0.765. The summed E-state index contributed by atoms with van der Waals surface area (Å²) in [6.45, 7) is 2.05. The summed E-state index contributed by atoms with van der Waals surface area (Å²) in [7, 11) is 0. The third kappa shape index (κ3) is 3.61. The number of aryl methyl sites for hydroxylation is 1. The van der Waals surface area contributed by atoms with Crippen LogP contribution in [0.1, 0.15) is 5.56 Å². The number of hydrogen-bond donors (Lipinski definition) is 1. The van der Waals surface area contributed by atoms with Gasteiger partial charge < -0.3 is 9.84 Å². The minimum Gasteiger partial charge on any atom is -0.488 e. The van der Waals surface area contributed by atoms with Crippen LogP contribution >= 0.6 is 11.8 Å². The van der Waals surface area contributed by atoms with E-state index in [0.29, 0.717) is 10.9 Å². The highest BCUT2D eigenvalue weighted by Crippen LogP contribution is 2.26. The minimum absolute atomic E-state index is 0.00449. The first-order valence-electron chi connectivity index (χ1n) is 8.55. The van der Waals surface area contributed by atoms with E-state index in [1.807, 2.05) is 35.6 Å². The number of halogens is 1. The lowest BCUT2D eigenvalue weighted by Crippen LogP contribution is -2.20. The number of hydrogen-bond acceptors (Lipinski definition) is 5. The Labute approximate surface area is 159 Å². The van der Waals surface area contributed by atoms with Crippen LogP contribution in [-0.4, -0.2) is 38.2 Å². The lowest BCUT2D eigenvalue weighted by molar-refractivity contribution is 0.123. The van der Waals surface area contributed by atoms with Crippen LogP contribution in [0.25, 0.3) is 16.6 Å². The van der Waals surface area contributed by atoms with E-state index in [1.54, 1.807) is 12.1 Å². The van der Waals surface area contributed by atoms with Crippen LogP contribution < -0.4 is 4.74 Å². The molecule has 1 N–H and O–H groups in total. The first-order valence-corrected chi connectivity index (χ1v) is 9.53. The number of aromatic nitrogens is 3. The van der Waals surface area contributed by atoms with Crippen molar-refractivity contribution >= 4 is 28.3 Å². The molecule has 27 heavy (non-hydrogen) atoms. The van der Waals surface area contributed by atoms with E-state index < -0.39 is 11.9 Å². The smallest absolute Gasteiger partial charge is 0.196 e. The van der Waals surface area contributed by atoms with Gasteiger partial charge in [0.15, 0.2) is 22.4 Å². The van der Waals surface area contributed by atoms with Crippen LogP contribution in [0.3, 0.4) is 0 Å². The molecule has 4 rings (SSSR count). The summed E-state index contributed by atoms with van der Waals surface area (Å²) in [6, 6.07) is 16.2. The average molecular weight is 383 g/mol. The molecule has 4 aromatic rings. The fraction of sp³-hybridized carbons (Fsp3) is 0.200. The zero-order valence-electron chi connectivity index (χ0n) is 14.7. The second kappa shape index (κ2) is 7.54. The van der Waals surface area contributed by atoms with Crippen molar-refractivity contribution in [3.63, 3.8) is 0 Å². The van der Waals surface area contributed by atoms with E-state index >= 15 is 0 Å². The molecule has 1 atom stereocenters. The van der Waals surface area contributed by atoms with Crippen molar-refractivity contribution in [2.75, 3.05) is 12.4 Å². The number of rotatable bonds is 6. The molecule has 0 saturated heterocycles. The van der Waals surface area contributed by atoms with Crippen LogP contribution in [0.15, 0.2) is 59.8 Å². The maximum atomic E-state index is 13.6. The van der Waals surface area contributed by atoms with Crippen molar-refractivity contribution < 1.29 is 14.2 Å². The van der Waals surface area contributed by atoms with Gasteiger partial charge >= 0.3 is 0 Å². The van der Waals surface area contributed by atoms with E-state index in [1.165, 1.54) is 23.9 Å². The Kier molecular flexibility index (Phi) is 4.96. The van der Waals surface area contributed by atoms with Gasteiger partial charge in [-0.2, -0.15) is 0 Å². The van der Waals surface area contributed by atoms with Gasteiger partial charge in [0.1, 0.15) is 6.61 Å². The van der Waals surface area contributed by atoms with Gasteiger partial charge in [0.2, 0.25) is 0 Å². The Balaban J connectivity index is 1.49. The molecule has 0 spiro atoms. The maximum Gasteiger partial charge on any atom is 0.196 e. The summed E-state index contributed by atoms with van der Waals surface area (Å²) in [5, 5.41) is 20.5. The zero-order valence-corrected chi connectivity index (χ0v) is 15.5. The van der Waals surface area contributed by atoms with Gasteiger partial charge in [-0.15, -0.1) is 10.2 Å². The number of aliphatic hydroxyl groups is 1. The van der Waals surface area contributed by atoms with E-state index in [0.717, 1.165) is 22.1 Å². The molecule has 2 heterocycles. The van der Waals surface area contributed by atoms with E-state index in [4.69, 9.17) is 4.74 Å². The molecule has 0 amide bonds. The van der Waals surface area contributed by atoms with Crippen LogP contribution in [0, 0.1) is 12.7 Å². The van der Waals surface area contributed by atoms with Gasteiger partial charge in [-0.1, -0.05) is 42.1 Å². The highest BCUT2D eigenvalue weighted by atomic mass is 32.2. The quantitative estimate of drug-likeness (QED) is 0.512. The second-order valence-electron chi connectivity index (χ2n) is 6.23. The SMILES string of the molecule is Cc1cc2nnc(SCC(O)COc3ccccc3F)n2c2ccccc12. The molecule has 5 nitrogen and oxygen atoms in total. The zero-order chi connectivity index (χ0) is 18.8. The van der Waals surface area contributed by atoms with Crippen molar-refractivity contribution in [1.82, 2.24) is 14.6 Å². The van der Waals surface area contributed by atoms with Crippen molar-refractivity contribution in [3.8, 4) is 5.75 Å². The summed E-state index contributed by atoms with van der Waals surface area (Å²) in [5.74, 6) is 0.0517. The van der Waals surface area contributed by atoms with Crippen LogP contribution in [0.5, 0.6) is 5.75 Å². The normalized spacial score (nSPS) is 12.6. The Morgan fingerprint density at radius 2 is 1.93 bits per heavy atom. The molecule has 2 aromatic heterocycles. The lowest BCUT2D eigenvalue weighted by Gasteiger charge is -2.12. The highest BCUT2D eigenvalue weighted by Gasteiger charge is 2.14. The Bertz CT molecular complexity index is 1100. The summed E-state index contributed by atoms with van der Waals surface area (Å²) < 4.78 is 20.9. The van der Waals surface area contributed by atoms with E-state index in [-0.39, 0.29) is 12.4 Å². The summed E-state index contributed by atoms with van der Waals surface area (Å²) in [6.07, 6.45) is -0.765. The van der Waals surface area contributed by atoms with Gasteiger partial charge in [0.25, 0.3) is 0 Å². The molecule has 0 fully saturated rings. The molecule has 1 unspecified atom stereocenters. The second-order valence-corrected chi connectivity index (χ2v) is 7.21. The Morgan fingerprint density at radius 1 is 1.15 bits per heavy atom. The van der Waals surface area contributed by atoms with Gasteiger partial charge in [0, 0.05) is 11.1 Å². The molecule has 0 saturated carbocycles. The molecule has 0 aliphatic rings. The largest absolute Gasteiger partial charge is 0.488 e. The third-order valence-electron chi connectivity index (χ3n) is 4.25.